The van der Waals surface area contributed by atoms with Gasteiger partial charge in [-0.25, -0.2) is 0 Å². The van der Waals surface area contributed by atoms with E-state index in [0.29, 0.717) is 6.61 Å². The molecule has 0 heterocycles. The second-order valence-electron chi connectivity index (χ2n) is 3.57. The molecule has 0 unspecified atom stereocenters. The van der Waals surface area contributed by atoms with Gasteiger partial charge in [-0.1, -0.05) is 21.6 Å². The van der Waals surface area contributed by atoms with Crippen LogP contribution in [0.25, 0.3) is 0 Å². The number of aliphatic hydroxyl groups is 2. The van der Waals surface area contributed by atoms with E-state index in [1.807, 2.05) is 21.6 Å². The molecule has 0 aliphatic carbocycles. The van der Waals surface area contributed by atoms with Gasteiger partial charge in [0.15, 0.2) is 0 Å². The van der Waals surface area contributed by atoms with Gasteiger partial charge in [-0.05, 0) is 33.1 Å². The summed E-state index contributed by atoms with van der Waals surface area (Å²) in [7, 11) is 3.66. The van der Waals surface area contributed by atoms with Crippen molar-refractivity contribution in [1.29, 1.82) is 0 Å². The van der Waals surface area contributed by atoms with Crippen LogP contribution in [-0.2, 0) is 0 Å². The van der Waals surface area contributed by atoms with Gasteiger partial charge in [-0.15, -0.1) is 0 Å². The summed E-state index contributed by atoms with van der Waals surface area (Å²) in [6, 6.07) is 0. The zero-order chi connectivity index (χ0) is 10.2. The van der Waals surface area contributed by atoms with Gasteiger partial charge >= 0.3 is 0 Å². The normalized spacial score (nSPS) is 12.0. The Labute approximate surface area is 88.9 Å². The fourth-order valence-corrected chi connectivity index (χ4v) is 3.49. The molecule has 0 aliphatic rings. The zero-order valence-corrected chi connectivity index (χ0v) is 10.1. The van der Waals surface area contributed by atoms with Crippen LogP contribution >= 0.6 is 21.6 Å². The standard InChI is InChI=1S/C9H20O2S2/c1-9(2,5-7-11)13-12-8-4-3-6-10/h10-11H,3-8H2,1-2H3. The van der Waals surface area contributed by atoms with E-state index >= 15 is 0 Å². The molecule has 13 heavy (non-hydrogen) atoms. The van der Waals surface area contributed by atoms with Crippen LogP contribution in [0, 0.1) is 0 Å². The first-order valence-corrected chi connectivity index (χ1v) is 6.96. The molecule has 0 saturated heterocycles. The van der Waals surface area contributed by atoms with Crippen LogP contribution in [0.15, 0.2) is 0 Å². The van der Waals surface area contributed by atoms with Crippen LogP contribution in [0.1, 0.15) is 33.1 Å². The van der Waals surface area contributed by atoms with Crippen molar-refractivity contribution in [2.45, 2.75) is 37.9 Å². The minimum atomic E-state index is 0.165. The van der Waals surface area contributed by atoms with Crippen LogP contribution < -0.4 is 0 Å². The molecule has 0 rings (SSSR count). The number of hydrogen-bond donors (Lipinski definition) is 2. The van der Waals surface area contributed by atoms with Crippen molar-refractivity contribution in [2.24, 2.45) is 0 Å². The van der Waals surface area contributed by atoms with E-state index in [1.165, 1.54) is 0 Å². The minimum absolute atomic E-state index is 0.165. The van der Waals surface area contributed by atoms with E-state index in [-0.39, 0.29) is 11.4 Å². The Morgan fingerprint density at radius 3 is 2.31 bits per heavy atom. The third-order valence-electron chi connectivity index (χ3n) is 1.63. The van der Waals surface area contributed by atoms with Gasteiger partial charge in [0.1, 0.15) is 0 Å². The third kappa shape index (κ3) is 8.94. The number of rotatable bonds is 8. The fraction of sp³-hybridized carbons (Fsp3) is 1.00. The lowest BCUT2D eigenvalue weighted by molar-refractivity contribution is 0.275. The topological polar surface area (TPSA) is 40.5 Å². The Bertz CT molecular complexity index is 118. The van der Waals surface area contributed by atoms with Gasteiger partial charge in [0.2, 0.25) is 0 Å². The molecule has 0 aromatic carbocycles. The average Bonchev–Trinajstić information content (AvgIpc) is 2.04. The summed E-state index contributed by atoms with van der Waals surface area (Å²) in [6.45, 7) is 4.85. The molecule has 0 aromatic heterocycles. The SMILES string of the molecule is CC(C)(CCO)SSCCCCO. The van der Waals surface area contributed by atoms with Crippen LogP contribution in [-0.4, -0.2) is 33.9 Å². The van der Waals surface area contributed by atoms with E-state index in [1.54, 1.807) is 0 Å². The molecule has 2 N–H and O–H groups in total. The number of unbranched alkanes of at least 4 members (excludes halogenated alkanes) is 1. The van der Waals surface area contributed by atoms with Gasteiger partial charge < -0.3 is 10.2 Å². The number of hydrogen-bond acceptors (Lipinski definition) is 4. The highest BCUT2D eigenvalue weighted by Crippen LogP contribution is 2.38. The molecule has 0 bridgehead atoms. The fourth-order valence-electron chi connectivity index (χ4n) is 0.785. The Morgan fingerprint density at radius 2 is 1.77 bits per heavy atom. The highest BCUT2D eigenvalue weighted by atomic mass is 33.1. The molecule has 0 aliphatic heterocycles. The van der Waals surface area contributed by atoms with Gasteiger partial charge in [0.25, 0.3) is 0 Å². The van der Waals surface area contributed by atoms with E-state index in [0.717, 1.165) is 25.0 Å². The summed E-state index contributed by atoms with van der Waals surface area (Å²) in [5.41, 5.74) is 0. The van der Waals surface area contributed by atoms with E-state index < -0.39 is 0 Å². The molecule has 0 aromatic rings. The lowest BCUT2D eigenvalue weighted by Crippen LogP contribution is -2.14. The van der Waals surface area contributed by atoms with Crippen molar-refractivity contribution < 1.29 is 10.2 Å². The maximum atomic E-state index is 8.79. The average molecular weight is 224 g/mol. The molecule has 0 atom stereocenters. The van der Waals surface area contributed by atoms with E-state index in [4.69, 9.17) is 10.2 Å². The quantitative estimate of drug-likeness (QED) is 0.490. The maximum Gasteiger partial charge on any atom is 0.0444 e. The van der Waals surface area contributed by atoms with Crippen molar-refractivity contribution >= 4 is 21.6 Å². The summed E-state index contributed by atoms with van der Waals surface area (Å²) in [6.07, 6.45) is 2.81. The molecule has 0 radical (unpaired) electrons. The molecular weight excluding hydrogens is 204 g/mol. The zero-order valence-electron chi connectivity index (χ0n) is 8.45. The van der Waals surface area contributed by atoms with Gasteiger partial charge in [0, 0.05) is 23.7 Å². The minimum Gasteiger partial charge on any atom is -0.396 e. The first-order valence-electron chi connectivity index (χ1n) is 4.65. The van der Waals surface area contributed by atoms with Crippen molar-refractivity contribution in [3.05, 3.63) is 0 Å². The molecule has 0 fully saturated rings. The van der Waals surface area contributed by atoms with Gasteiger partial charge in [0.05, 0.1) is 0 Å². The second-order valence-corrected chi connectivity index (χ2v) is 6.69. The molecule has 2 nitrogen and oxygen atoms in total. The summed E-state index contributed by atoms with van der Waals surface area (Å²) in [5.74, 6) is 1.08. The molecular formula is C9H20O2S2. The predicted octanol–water partition coefficient (Wildman–Crippen LogP) is 2.30. The van der Waals surface area contributed by atoms with Crippen LogP contribution in [0.2, 0.25) is 0 Å². The first-order chi connectivity index (χ1) is 6.12. The second kappa shape index (κ2) is 7.97. The van der Waals surface area contributed by atoms with Crippen LogP contribution in [0.4, 0.5) is 0 Å². The van der Waals surface area contributed by atoms with Crippen molar-refractivity contribution in [2.75, 3.05) is 19.0 Å². The summed E-state index contributed by atoms with van der Waals surface area (Å²) >= 11 is 0. The third-order valence-corrected chi connectivity index (χ3v) is 5.07. The van der Waals surface area contributed by atoms with Crippen molar-refractivity contribution in [1.82, 2.24) is 0 Å². The molecule has 0 amide bonds. The highest BCUT2D eigenvalue weighted by molar-refractivity contribution is 8.77. The number of aliphatic hydroxyl groups excluding tert-OH is 2. The largest absolute Gasteiger partial charge is 0.396 e. The van der Waals surface area contributed by atoms with E-state index in [2.05, 4.69) is 13.8 Å². The van der Waals surface area contributed by atoms with Crippen molar-refractivity contribution in [3.8, 4) is 0 Å². The van der Waals surface area contributed by atoms with E-state index in [9.17, 15) is 0 Å². The lowest BCUT2D eigenvalue weighted by Gasteiger charge is -2.21. The first kappa shape index (κ1) is 13.6. The van der Waals surface area contributed by atoms with Crippen molar-refractivity contribution in [3.63, 3.8) is 0 Å². The van der Waals surface area contributed by atoms with Gasteiger partial charge in [-0.2, -0.15) is 0 Å². The smallest absolute Gasteiger partial charge is 0.0444 e. The Balaban J connectivity index is 3.29. The summed E-state index contributed by atoms with van der Waals surface area (Å²) in [4.78, 5) is 0. The molecule has 80 valence electrons. The predicted molar refractivity (Wildman–Crippen MR) is 62.2 cm³/mol. The van der Waals surface area contributed by atoms with Crippen LogP contribution in [0.3, 0.4) is 0 Å². The monoisotopic (exact) mass is 224 g/mol. The lowest BCUT2D eigenvalue weighted by atomic mass is 10.1. The van der Waals surface area contributed by atoms with Crippen LogP contribution in [0.5, 0.6) is 0 Å². The summed E-state index contributed by atoms with van der Waals surface area (Å²) in [5, 5.41) is 17.3. The molecule has 0 saturated carbocycles. The summed E-state index contributed by atoms with van der Waals surface area (Å²) < 4.78 is 0.165. The Kier molecular flexibility index (Phi) is 8.35. The Morgan fingerprint density at radius 1 is 1.08 bits per heavy atom. The Hall–Kier alpha value is 0.620. The maximum absolute atomic E-state index is 8.79. The van der Waals surface area contributed by atoms with Gasteiger partial charge in [-0.3, -0.25) is 0 Å². The highest BCUT2D eigenvalue weighted by Gasteiger charge is 2.17. The molecule has 0 spiro atoms. The molecule has 4 heteroatoms.